The van der Waals surface area contributed by atoms with E-state index in [1.165, 1.54) is 36.4 Å². The molecule has 3 aromatic rings. The Hall–Kier alpha value is -3.70. The van der Waals surface area contributed by atoms with E-state index in [9.17, 15) is 14.4 Å². The van der Waals surface area contributed by atoms with Crippen LogP contribution in [-0.4, -0.2) is 65.0 Å². The van der Waals surface area contributed by atoms with Crippen LogP contribution in [0.25, 0.3) is 0 Å². The molecule has 0 saturated carbocycles. The van der Waals surface area contributed by atoms with Crippen LogP contribution in [0.3, 0.4) is 0 Å². The lowest BCUT2D eigenvalue weighted by atomic mass is 9.99. The van der Waals surface area contributed by atoms with Crippen molar-refractivity contribution in [2.24, 2.45) is 0 Å². The molecule has 0 radical (unpaired) electrons. The fraction of sp³-hybridized carbons (Fsp3) is 0.241. The third kappa shape index (κ3) is 7.98. The van der Waals surface area contributed by atoms with Crippen molar-refractivity contribution in [3.63, 3.8) is 0 Å². The molecule has 0 amide bonds. The third-order valence-electron chi connectivity index (χ3n) is 5.95. The van der Waals surface area contributed by atoms with E-state index in [1.807, 2.05) is 0 Å². The van der Waals surface area contributed by atoms with Crippen LogP contribution >= 0.6 is 34.8 Å². The standard InChI is InChI=1S/C29H23Cl3FNO8/c30-29(31,32)28(34)42-27-23(41-26(37)19-14-8-3-9-15-19)22(40-25(36)18-12-6-2-7-13-18)21(33)20(39-27)16-38-24(35)17-10-4-1-5-11-17/h1-15,20-23,27,34H,16H2. The van der Waals surface area contributed by atoms with Gasteiger partial charge in [-0.2, -0.15) is 0 Å². The summed E-state index contributed by atoms with van der Waals surface area (Å²) in [5.41, 5.74) is 0.342. The van der Waals surface area contributed by atoms with Crippen molar-refractivity contribution >= 4 is 58.6 Å². The van der Waals surface area contributed by atoms with Crippen molar-refractivity contribution in [3.8, 4) is 0 Å². The van der Waals surface area contributed by atoms with E-state index in [1.54, 1.807) is 54.6 Å². The summed E-state index contributed by atoms with van der Waals surface area (Å²) < 4.78 is 41.0. The number of rotatable bonds is 8. The van der Waals surface area contributed by atoms with Crippen LogP contribution in [0.5, 0.6) is 0 Å². The monoisotopic (exact) mass is 637 g/mol. The molecular weight excluding hydrogens is 616 g/mol. The van der Waals surface area contributed by atoms with Crippen LogP contribution in [0.15, 0.2) is 91.0 Å². The number of carbonyl (C=O) groups is 3. The van der Waals surface area contributed by atoms with Crippen LogP contribution in [-0.2, 0) is 23.7 Å². The second-order valence-electron chi connectivity index (χ2n) is 8.87. The van der Waals surface area contributed by atoms with Gasteiger partial charge >= 0.3 is 17.9 Å². The molecule has 220 valence electrons. The zero-order valence-electron chi connectivity index (χ0n) is 21.5. The molecule has 1 N–H and O–H groups in total. The average Bonchev–Trinajstić information content (AvgIpc) is 3.00. The maximum atomic E-state index is 16.1. The van der Waals surface area contributed by atoms with E-state index in [0.717, 1.165) is 0 Å². The largest absolute Gasteiger partial charge is 0.459 e. The van der Waals surface area contributed by atoms with Crippen LogP contribution in [0.1, 0.15) is 31.1 Å². The number of ether oxygens (including phenoxy) is 5. The maximum Gasteiger partial charge on any atom is 0.338 e. The van der Waals surface area contributed by atoms with Gasteiger partial charge < -0.3 is 23.7 Å². The predicted octanol–water partition coefficient (Wildman–Crippen LogP) is 5.72. The molecule has 0 spiro atoms. The van der Waals surface area contributed by atoms with Crippen LogP contribution in [0.2, 0.25) is 0 Å². The molecule has 5 unspecified atom stereocenters. The van der Waals surface area contributed by atoms with E-state index < -0.39 is 65.0 Å². The summed E-state index contributed by atoms with van der Waals surface area (Å²) in [7, 11) is 0. The molecule has 1 fully saturated rings. The SMILES string of the molecule is N=C(OC1OC(COC(=O)c2ccccc2)C(F)C(OC(=O)c2ccccc2)C1OC(=O)c1ccccc1)C(Cl)(Cl)Cl. The smallest absolute Gasteiger partial charge is 0.338 e. The number of halogens is 4. The number of hydrogen-bond donors (Lipinski definition) is 1. The first-order chi connectivity index (χ1) is 20.0. The Bertz CT molecular complexity index is 1390. The van der Waals surface area contributed by atoms with Gasteiger partial charge in [-0.05, 0) is 36.4 Å². The summed E-state index contributed by atoms with van der Waals surface area (Å²) in [5.74, 6) is -3.64. The molecule has 0 aromatic heterocycles. The minimum atomic E-state index is -2.38. The summed E-state index contributed by atoms with van der Waals surface area (Å²) in [4.78, 5) is 38.5. The third-order valence-corrected chi connectivity index (χ3v) is 6.47. The Kier molecular flexibility index (Phi) is 10.4. The van der Waals surface area contributed by atoms with E-state index >= 15 is 4.39 Å². The Morgan fingerprint density at radius 2 is 1.14 bits per heavy atom. The molecule has 0 bridgehead atoms. The summed E-state index contributed by atoms with van der Waals surface area (Å²) in [5, 5.41) is 8.03. The highest BCUT2D eigenvalue weighted by molar-refractivity contribution is 6.76. The molecule has 1 saturated heterocycles. The second-order valence-corrected chi connectivity index (χ2v) is 11.1. The first-order valence-electron chi connectivity index (χ1n) is 12.4. The molecule has 42 heavy (non-hydrogen) atoms. The van der Waals surface area contributed by atoms with Crippen LogP contribution in [0, 0.1) is 5.41 Å². The van der Waals surface area contributed by atoms with Gasteiger partial charge in [0.1, 0.15) is 12.7 Å². The molecule has 5 atom stereocenters. The highest BCUT2D eigenvalue weighted by Gasteiger charge is 2.53. The zero-order valence-corrected chi connectivity index (χ0v) is 23.8. The van der Waals surface area contributed by atoms with Gasteiger partial charge in [0.25, 0.3) is 3.79 Å². The molecular formula is C29H23Cl3FNO8. The molecule has 0 aliphatic carbocycles. The lowest BCUT2D eigenvalue weighted by Crippen LogP contribution is -2.61. The van der Waals surface area contributed by atoms with Gasteiger partial charge in [0, 0.05) is 0 Å². The van der Waals surface area contributed by atoms with Gasteiger partial charge in [0.2, 0.25) is 18.3 Å². The van der Waals surface area contributed by atoms with Crippen LogP contribution < -0.4 is 0 Å². The Morgan fingerprint density at radius 3 is 1.60 bits per heavy atom. The lowest BCUT2D eigenvalue weighted by Gasteiger charge is -2.42. The minimum Gasteiger partial charge on any atom is -0.459 e. The van der Waals surface area contributed by atoms with Crippen molar-refractivity contribution in [2.45, 2.75) is 34.6 Å². The normalized spacial score (nSPS) is 22.0. The van der Waals surface area contributed by atoms with Crippen molar-refractivity contribution in [2.75, 3.05) is 6.61 Å². The Morgan fingerprint density at radius 1 is 0.714 bits per heavy atom. The minimum absolute atomic E-state index is 0.0721. The van der Waals surface area contributed by atoms with Crippen LogP contribution in [0.4, 0.5) is 4.39 Å². The van der Waals surface area contributed by atoms with E-state index in [0.29, 0.717) is 0 Å². The van der Waals surface area contributed by atoms with Crippen molar-refractivity contribution in [3.05, 3.63) is 108 Å². The van der Waals surface area contributed by atoms with Gasteiger partial charge in [0.05, 0.1) is 16.7 Å². The average molecular weight is 639 g/mol. The summed E-state index contributed by atoms with van der Waals surface area (Å²) in [6.07, 6.45) is -9.33. The molecule has 1 heterocycles. The number of alkyl halides is 4. The lowest BCUT2D eigenvalue weighted by molar-refractivity contribution is -0.268. The van der Waals surface area contributed by atoms with Gasteiger partial charge in [-0.25, -0.2) is 18.8 Å². The van der Waals surface area contributed by atoms with Crippen molar-refractivity contribution in [1.29, 1.82) is 5.41 Å². The number of hydrogen-bond acceptors (Lipinski definition) is 9. The molecule has 1 aliphatic heterocycles. The Balaban J connectivity index is 1.65. The number of carbonyl (C=O) groups excluding carboxylic acids is 3. The maximum absolute atomic E-state index is 16.1. The quantitative estimate of drug-likeness (QED) is 0.109. The fourth-order valence-electron chi connectivity index (χ4n) is 3.88. The highest BCUT2D eigenvalue weighted by atomic mass is 35.6. The highest BCUT2D eigenvalue weighted by Crippen LogP contribution is 2.34. The second kappa shape index (κ2) is 14.0. The number of benzene rings is 3. The molecule has 4 rings (SSSR count). The number of nitrogens with one attached hydrogen (secondary N) is 1. The van der Waals surface area contributed by atoms with E-state index in [2.05, 4.69) is 0 Å². The van der Waals surface area contributed by atoms with Gasteiger partial charge in [-0.15, -0.1) is 0 Å². The van der Waals surface area contributed by atoms with Gasteiger partial charge in [-0.3, -0.25) is 5.41 Å². The molecule has 9 nitrogen and oxygen atoms in total. The van der Waals surface area contributed by atoms with Crippen molar-refractivity contribution < 1.29 is 42.5 Å². The first-order valence-corrected chi connectivity index (χ1v) is 13.5. The van der Waals surface area contributed by atoms with Crippen molar-refractivity contribution in [1.82, 2.24) is 0 Å². The van der Waals surface area contributed by atoms with Gasteiger partial charge in [0.15, 0.2) is 12.3 Å². The number of esters is 3. The summed E-state index contributed by atoms with van der Waals surface area (Å²) in [6.45, 7) is -0.672. The van der Waals surface area contributed by atoms with E-state index in [-0.39, 0.29) is 16.7 Å². The molecule has 13 heteroatoms. The summed E-state index contributed by atoms with van der Waals surface area (Å²) >= 11 is 17.3. The summed E-state index contributed by atoms with van der Waals surface area (Å²) in [6, 6.07) is 23.3. The predicted molar refractivity (Wildman–Crippen MR) is 151 cm³/mol. The topological polar surface area (TPSA) is 121 Å². The Labute approximate surface area is 254 Å². The fourth-order valence-corrected chi connectivity index (χ4v) is 4.02. The molecule has 3 aromatic carbocycles. The first kappa shape index (κ1) is 31.2. The zero-order chi connectivity index (χ0) is 30.3. The van der Waals surface area contributed by atoms with E-state index in [4.69, 9.17) is 63.9 Å². The molecule has 1 aliphatic rings. The van der Waals surface area contributed by atoms with Gasteiger partial charge in [-0.1, -0.05) is 89.4 Å².